The van der Waals surface area contributed by atoms with Crippen LogP contribution in [0.5, 0.6) is 0 Å². The average Bonchev–Trinajstić information content (AvgIpc) is 2.39. The minimum Gasteiger partial charge on any atom is -0.307 e. The lowest BCUT2D eigenvalue weighted by molar-refractivity contribution is 0.195. The van der Waals surface area contributed by atoms with Gasteiger partial charge in [-0.2, -0.15) is 0 Å². The monoisotopic (exact) mass is 323 g/mol. The summed E-state index contributed by atoms with van der Waals surface area (Å²) in [6.07, 6.45) is 5.51. The molecule has 2 rings (SSSR count). The summed E-state index contributed by atoms with van der Waals surface area (Å²) in [6.45, 7) is 7.02. The first kappa shape index (κ1) is 15.1. The molecule has 0 heterocycles. The molecular formula is C17H26BrN. The second-order valence-corrected chi connectivity index (χ2v) is 7.16. The normalized spacial score (nSPS) is 25.5. The highest BCUT2D eigenvalue weighted by molar-refractivity contribution is 9.10. The molecule has 1 fully saturated rings. The van der Waals surface area contributed by atoms with E-state index in [4.69, 9.17) is 0 Å². The molecule has 0 bridgehead atoms. The van der Waals surface area contributed by atoms with Crippen LogP contribution in [0.1, 0.15) is 58.1 Å². The van der Waals surface area contributed by atoms with Crippen LogP contribution in [0.4, 0.5) is 0 Å². The van der Waals surface area contributed by atoms with Crippen molar-refractivity contribution in [2.24, 2.45) is 11.8 Å². The van der Waals surface area contributed by atoms with Gasteiger partial charge in [-0.25, -0.2) is 0 Å². The van der Waals surface area contributed by atoms with Crippen molar-refractivity contribution >= 4 is 15.9 Å². The van der Waals surface area contributed by atoms with Crippen LogP contribution in [-0.4, -0.2) is 6.04 Å². The van der Waals surface area contributed by atoms with E-state index in [1.54, 1.807) is 0 Å². The zero-order chi connectivity index (χ0) is 13.8. The van der Waals surface area contributed by atoms with Crippen LogP contribution < -0.4 is 5.32 Å². The fraction of sp³-hybridized carbons (Fsp3) is 0.647. The maximum atomic E-state index is 3.87. The topological polar surface area (TPSA) is 12.0 Å². The lowest BCUT2D eigenvalue weighted by Gasteiger charge is -2.37. The van der Waals surface area contributed by atoms with Crippen LogP contribution in [0.25, 0.3) is 0 Å². The summed E-state index contributed by atoms with van der Waals surface area (Å²) in [5.41, 5.74) is 1.38. The first-order valence-corrected chi connectivity index (χ1v) is 8.38. The molecule has 0 aliphatic heterocycles. The van der Waals surface area contributed by atoms with Crippen molar-refractivity contribution in [2.45, 2.75) is 58.5 Å². The van der Waals surface area contributed by atoms with E-state index in [0.29, 0.717) is 12.1 Å². The van der Waals surface area contributed by atoms with Gasteiger partial charge in [-0.15, -0.1) is 0 Å². The van der Waals surface area contributed by atoms with E-state index >= 15 is 0 Å². The Morgan fingerprint density at radius 2 is 1.89 bits per heavy atom. The molecule has 1 nitrogen and oxygen atoms in total. The highest BCUT2D eigenvalue weighted by Gasteiger charge is 2.28. The van der Waals surface area contributed by atoms with Gasteiger partial charge in [0, 0.05) is 16.6 Å². The number of benzene rings is 1. The number of halogens is 1. The third kappa shape index (κ3) is 4.06. The predicted octanol–water partition coefficient (Wildman–Crippen LogP) is 5.31. The van der Waals surface area contributed by atoms with Gasteiger partial charge in [0.15, 0.2) is 0 Å². The molecule has 0 spiro atoms. The van der Waals surface area contributed by atoms with Crippen LogP contribution >= 0.6 is 15.9 Å². The van der Waals surface area contributed by atoms with E-state index in [1.165, 1.54) is 35.7 Å². The van der Waals surface area contributed by atoms with Crippen LogP contribution in [0.15, 0.2) is 28.7 Å². The van der Waals surface area contributed by atoms with Gasteiger partial charge in [-0.3, -0.25) is 0 Å². The van der Waals surface area contributed by atoms with Crippen molar-refractivity contribution in [3.8, 4) is 0 Å². The lowest BCUT2D eigenvalue weighted by Crippen LogP contribution is -2.42. The SMILES string of the molecule is CC(NC1CCCCC1C(C)C)c1cccc(Br)c1. The van der Waals surface area contributed by atoms with Gasteiger partial charge in [-0.1, -0.05) is 54.8 Å². The van der Waals surface area contributed by atoms with Crippen LogP contribution in [0.3, 0.4) is 0 Å². The van der Waals surface area contributed by atoms with Gasteiger partial charge in [0.05, 0.1) is 0 Å². The maximum absolute atomic E-state index is 3.87. The Morgan fingerprint density at radius 1 is 1.16 bits per heavy atom. The molecule has 1 aromatic carbocycles. The quantitative estimate of drug-likeness (QED) is 0.791. The molecule has 1 saturated carbocycles. The van der Waals surface area contributed by atoms with Crippen LogP contribution in [-0.2, 0) is 0 Å². The molecule has 0 saturated heterocycles. The maximum Gasteiger partial charge on any atom is 0.0294 e. The molecule has 1 aliphatic carbocycles. The molecule has 1 aromatic rings. The number of hydrogen-bond acceptors (Lipinski definition) is 1. The molecule has 1 N–H and O–H groups in total. The van der Waals surface area contributed by atoms with E-state index in [0.717, 1.165) is 11.8 Å². The zero-order valence-corrected chi connectivity index (χ0v) is 13.9. The van der Waals surface area contributed by atoms with Crippen molar-refractivity contribution in [3.63, 3.8) is 0 Å². The first-order chi connectivity index (χ1) is 9.08. The molecule has 1 aliphatic rings. The van der Waals surface area contributed by atoms with Gasteiger partial charge in [-0.05, 0) is 49.3 Å². The van der Waals surface area contributed by atoms with Gasteiger partial charge in [0.2, 0.25) is 0 Å². The Hall–Kier alpha value is -0.340. The van der Waals surface area contributed by atoms with E-state index in [1.807, 2.05) is 0 Å². The summed E-state index contributed by atoms with van der Waals surface area (Å²) in [5, 5.41) is 3.87. The predicted molar refractivity (Wildman–Crippen MR) is 86.3 cm³/mol. The Bertz CT molecular complexity index is 402. The fourth-order valence-electron chi connectivity index (χ4n) is 3.36. The molecule has 0 aromatic heterocycles. The Balaban J connectivity index is 2.02. The molecule has 0 amide bonds. The smallest absolute Gasteiger partial charge is 0.0294 e. The Kier molecular flexibility index (Phi) is 5.47. The van der Waals surface area contributed by atoms with Crippen molar-refractivity contribution in [1.29, 1.82) is 0 Å². The van der Waals surface area contributed by atoms with Gasteiger partial charge in [0.1, 0.15) is 0 Å². The minimum absolute atomic E-state index is 0.432. The number of rotatable bonds is 4. The van der Waals surface area contributed by atoms with Crippen LogP contribution in [0.2, 0.25) is 0 Å². The molecular weight excluding hydrogens is 298 g/mol. The fourth-order valence-corrected chi connectivity index (χ4v) is 3.77. The Labute approximate surface area is 126 Å². The van der Waals surface area contributed by atoms with Crippen molar-refractivity contribution in [3.05, 3.63) is 34.3 Å². The summed E-state index contributed by atoms with van der Waals surface area (Å²) in [7, 11) is 0. The minimum atomic E-state index is 0.432. The molecule has 3 unspecified atom stereocenters. The molecule has 2 heteroatoms. The summed E-state index contributed by atoms with van der Waals surface area (Å²) < 4.78 is 1.17. The number of nitrogens with one attached hydrogen (secondary N) is 1. The highest BCUT2D eigenvalue weighted by Crippen LogP contribution is 2.32. The van der Waals surface area contributed by atoms with Crippen molar-refractivity contribution in [1.82, 2.24) is 5.32 Å². The summed E-state index contributed by atoms with van der Waals surface area (Å²) in [4.78, 5) is 0. The van der Waals surface area contributed by atoms with Gasteiger partial charge < -0.3 is 5.32 Å². The van der Waals surface area contributed by atoms with E-state index in [-0.39, 0.29) is 0 Å². The first-order valence-electron chi connectivity index (χ1n) is 7.59. The number of hydrogen-bond donors (Lipinski definition) is 1. The third-order valence-corrected chi connectivity index (χ3v) is 4.98. The average molecular weight is 324 g/mol. The largest absolute Gasteiger partial charge is 0.307 e. The lowest BCUT2D eigenvalue weighted by atomic mass is 9.77. The zero-order valence-electron chi connectivity index (χ0n) is 12.3. The summed E-state index contributed by atoms with van der Waals surface area (Å²) in [5.74, 6) is 1.62. The Morgan fingerprint density at radius 3 is 2.58 bits per heavy atom. The van der Waals surface area contributed by atoms with Gasteiger partial charge >= 0.3 is 0 Å². The summed E-state index contributed by atoms with van der Waals surface area (Å²) >= 11 is 3.56. The molecule has 0 radical (unpaired) electrons. The van der Waals surface area contributed by atoms with Crippen LogP contribution in [0, 0.1) is 11.8 Å². The summed E-state index contributed by atoms with van der Waals surface area (Å²) in [6, 6.07) is 9.77. The molecule has 106 valence electrons. The molecule has 19 heavy (non-hydrogen) atoms. The van der Waals surface area contributed by atoms with Crippen molar-refractivity contribution < 1.29 is 0 Å². The highest BCUT2D eigenvalue weighted by atomic mass is 79.9. The second-order valence-electron chi connectivity index (χ2n) is 6.24. The second kappa shape index (κ2) is 6.90. The van der Waals surface area contributed by atoms with E-state index in [9.17, 15) is 0 Å². The van der Waals surface area contributed by atoms with Gasteiger partial charge in [0.25, 0.3) is 0 Å². The van der Waals surface area contributed by atoms with E-state index in [2.05, 4.69) is 66.3 Å². The standard InChI is InChI=1S/C17H26BrN/c1-12(2)16-9-4-5-10-17(16)19-13(3)14-7-6-8-15(18)11-14/h6-8,11-13,16-17,19H,4-5,9-10H2,1-3H3. The van der Waals surface area contributed by atoms with Crippen molar-refractivity contribution in [2.75, 3.05) is 0 Å². The third-order valence-electron chi connectivity index (χ3n) is 4.49. The molecule has 3 atom stereocenters. The van der Waals surface area contributed by atoms with E-state index < -0.39 is 0 Å².